The highest BCUT2D eigenvalue weighted by atomic mass is 127. The zero-order valence-corrected chi connectivity index (χ0v) is 18.0. The standard InChI is InChI=1S/C18H32N4O.HI/c1-6-15(3)21-18(19-7-2)20-14-16-9-8-10-17(13-16)23-12-11-22(4)5;/h8-10,13,15H,6-7,11-12,14H2,1-5H3,(H2,19,20,21);1H. The summed E-state index contributed by atoms with van der Waals surface area (Å²) in [6.45, 7) is 9.49. The molecular weight excluding hydrogens is 415 g/mol. The highest BCUT2D eigenvalue weighted by molar-refractivity contribution is 14.0. The number of nitrogens with zero attached hydrogens (tertiary/aromatic N) is 2. The first kappa shape index (κ1) is 23.0. The molecule has 0 aliphatic heterocycles. The first-order valence-electron chi connectivity index (χ1n) is 8.46. The van der Waals surface area contributed by atoms with Gasteiger partial charge in [-0.1, -0.05) is 19.1 Å². The highest BCUT2D eigenvalue weighted by Crippen LogP contribution is 2.14. The van der Waals surface area contributed by atoms with E-state index in [0.29, 0.717) is 19.2 Å². The van der Waals surface area contributed by atoms with Crippen molar-refractivity contribution in [2.24, 2.45) is 4.99 Å². The maximum absolute atomic E-state index is 5.77. The van der Waals surface area contributed by atoms with Crippen LogP contribution in [0.15, 0.2) is 29.3 Å². The molecule has 6 heteroatoms. The van der Waals surface area contributed by atoms with Gasteiger partial charge in [-0.05, 0) is 52.1 Å². The molecule has 1 aromatic rings. The molecule has 1 rings (SSSR count). The van der Waals surface area contributed by atoms with E-state index in [1.54, 1.807) is 0 Å². The number of benzene rings is 1. The zero-order chi connectivity index (χ0) is 17.1. The van der Waals surface area contributed by atoms with Crippen molar-refractivity contribution in [1.82, 2.24) is 15.5 Å². The second-order valence-corrected chi connectivity index (χ2v) is 5.95. The molecule has 0 radical (unpaired) electrons. The lowest BCUT2D eigenvalue weighted by atomic mass is 10.2. The third-order valence-electron chi connectivity index (χ3n) is 3.47. The smallest absolute Gasteiger partial charge is 0.191 e. The fourth-order valence-electron chi connectivity index (χ4n) is 1.91. The number of aliphatic imine (C=N–C) groups is 1. The van der Waals surface area contributed by atoms with Gasteiger partial charge >= 0.3 is 0 Å². The summed E-state index contributed by atoms with van der Waals surface area (Å²) in [5, 5.41) is 6.68. The molecule has 138 valence electrons. The van der Waals surface area contributed by atoms with Crippen molar-refractivity contribution in [3.8, 4) is 5.75 Å². The Kier molecular flexibility index (Phi) is 12.7. The molecule has 0 heterocycles. The van der Waals surface area contributed by atoms with Gasteiger partial charge in [0.05, 0.1) is 6.54 Å². The second-order valence-electron chi connectivity index (χ2n) is 5.95. The fraction of sp³-hybridized carbons (Fsp3) is 0.611. The molecule has 0 aliphatic rings. The third kappa shape index (κ3) is 9.97. The first-order chi connectivity index (χ1) is 11.0. The number of hydrogen-bond acceptors (Lipinski definition) is 3. The first-order valence-corrected chi connectivity index (χ1v) is 8.46. The van der Waals surface area contributed by atoms with Crippen molar-refractivity contribution < 1.29 is 4.74 Å². The molecule has 0 saturated carbocycles. The molecule has 1 atom stereocenters. The molecular formula is C18H33IN4O. The van der Waals surface area contributed by atoms with Crippen LogP contribution in [0.25, 0.3) is 0 Å². The van der Waals surface area contributed by atoms with Crippen LogP contribution in [0, 0.1) is 0 Å². The van der Waals surface area contributed by atoms with Gasteiger partial charge in [-0.15, -0.1) is 24.0 Å². The molecule has 0 aromatic heterocycles. The lowest BCUT2D eigenvalue weighted by Gasteiger charge is -2.16. The van der Waals surface area contributed by atoms with Crippen LogP contribution in [-0.2, 0) is 6.54 Å². The quantitative estimate of drug-likeness (QED) is 0.346. The highest BCUT2D eigenvalue weighted by Gasteiger charge is 2.03. The summed E-state index contributed by atoms with van der Waals surface area (Å²) in [7, 11) is 4.09. The van der Waals surface area contributed by atoms with Crippen LogP contribution >= 0.6 is 24.0 Å². The second kappa shape index (κ2) is 13.3. The topological polar surface area (TPSA) is 48.9 Å². The van der Waals surface area contributed by atoms with E-state index >= 15 is 0 Å². The largest absolute Gasteiger partial charge is 0.492 e. The SMILES string of the molecule is CCNC(=NCc1cccc(OCCN(C)C)c1)NC(C)CC.I. The maximum Gasteiger partial charge on any atom is 0.191 e. The van der Waals surface area contributed by atoms with Gasteiger partial charge in [-0.3, -0.25) is 0 Å². The number of likely N-dealkylation sites (N-methyl/N-ethyl adjacent to an activating group) is 1. The number of hydrogen-bond donors (Lipinski definition) is 2. The van der Waals surface area contributed by atoms with Crippen LogP contribution in [0.4, 0.5) is 0 Å². The van der Waals surface area contributed by atoms with Crippen molar-refractivity contribution in [3.63, 3.8) is 0 Å². The summed E-state index contributed by atoms with van der Waals surface area (Å²) in [5.74, 6) is 1.76. The van der Waals surface area contributed by atoms with E-state index in [4.69, 9.17) is 4.74 Å². The summed E-state index contributed by atoms with van der Waals surface area (Å²) in [5.41, 5.74) is 1.15. The molecule has 0 aliphatic carbocycles. The lowest BCUT2D eigenvalue weighted by molar-refractivity contribution is 0.261. The van der Waals surface area contributed by atoms with E-state index in [1.807, 2.05) is 26.2 Å². The van der Waals surface area contributed by atoms with Gasteiger partial charge < -0.3 is 20.3 Å². The number of halogens is 1. The summed E-state index contributed by atoms with van der Waals surface area (Å²) in [6, 6.07) is 8.56. The monoisotopic (exact) mass is 448 g/mol. The van der Waals surface area contributed by atoms with Crippen molar-refractivity contribution in [2.75, 3.05) is 33.8 Å². The summed E-state index contributed by atoms with van der Waals surface area (Å²) >= 11 is 0. The Bertz CT molecular complexity index is 480. The summed E-state index contributed by atoms with van der Waals surface area (Å²) < 4.78 is 5.77. The Morgan fingerprint density at radius 1 is 1.29 bits per heavy atom. The predicted molar refractivity (Wildman–Crippen MR) is 114 cm³/mol. The van der Waals surface area contributed by atoms with E-state index in [2.05, 4.69) is 53.4 Å². The Balaban J connectivity index is 0.00000529. The van der Waals surface area contributed by atoms with Gasteiger partial charge in [-0.25, -0.2) is 4.99 Å². The maximum atomic E-state index is 5.77. The average Bonchev–Trinajstić information content (AvgIpc) is 2.52. The van der Waals surface area contributed by atoms with E-state index in [1.165, 1.54) is 0 Å². The Labute approximate surface area is 164 Å². The van der Waals surface area contributed by atoms with Gasteiger partial charge in [0, 0.05) is 19.1 Å². The number of rotatable bonds is 9. The number of guanidine groups is 1. The molecule has 1 unspecified atom stereocenters. The molecule has 0 bridgehead atoms. The van der Waals surface area contributed by atoms with Crippen LogP contribution in [-0.4, -0.2) is 50.7 Å². The molecule has 24 heavy (non-hydrogen) atoms. The molecule has 0 fully saturated rings. The van der Waals surface area contributed by atoms with Crippen LogP contribution in [0.3, 0.4) is 0 Å². The van der Waals surface area contributed by atoms with E-state index in [0.717, 1.165) is 36.8 Å². The van der Waals surface area contributed by atoms with Gasteiger partial charge in [0.15, 0.2) is 5.96 Å². The van der Waals surface area contributed by atoms with Gasteiger partial charge in [-0.2, -0.15) is 0 Å². The molecule has 0 saturated heterocycles. The minimum absolute atomic E-state index is 0. The minimum atomic E-state index is 0. The van der Waals surface area contributed by atoms with Crippen molar-refractivity contribution >= 4 is 29.9 Å². The Morgan fingerprint density at radius 3 is 2.67 bits per heavy atom. The normalized spacial score (nSPS) is 12.5. The molecule has 1 aromatic carbocycles. The third-order valence-corrected chi connectivity index (χ3v) is 3.47. The van der Waals surface area contributed by atoms with E-state index < -0.39 is 0 Å². The minimum Gasteiger partial charge on any atom is -0.492 e. The Morgan fingerprint density at radius 2 is 2.04 bits per heavy atom. The number of ether oxygens (including phenoxy) is 1. The molecule has 5 nitrogen and oxygen atoms in total. The van der Waals surface area contributed by atoms with Crippen molar-refractivity contribution in [1.29, 1.82) is 0 Å². The molecule has 0 spiro atoms. The summed E-state index contributed by atoms with van der Waals surface area (Å²) in [4.78, 5) is 6.76. The number of nitrogens with one attached hydrogen (secondary N) is 2. The molecule has 0 amide bonds. The Hall–Kier alpha value is -1.02. The molecule has 2 N–H and O–H groups in total. The van der Waals surface area contributed by atoms with Crippen LogP contribution in [0.1, 0.15) is 32.8 Å². The van der Waals surface area contributed by atoms with Gasteiger partial charge in [0.2, 0.25) is 0 Å². The van der Waals surface area contributed by atoms with E-state index in [9.17, 15) is 0 Å². The van der Waals surface area contributed by atoms with Crippen LogP contribution in [0.2, 0.25) is 0 Å². The zero-order valence-electron chi connectivity index (χ0n) is 15.6. The van der Waals surface area contributed by atoms with Gasteiger partial charge in [0.25, 0.3) is 0 Å². The van der Waals surface area contributed by atoms with Crippen LogP contribution < -0.4 is 15.4 Å². The average molecular weight is 448 g/mol. The van der Waals surface area contributed by atoms with Crippen molar-refractivity contribution in [3.05, 3.63) is 29.8 Å². The van der Waals surface area contributed by atoms with Crippen molar-refractivity contribution in [2.45, 2.75) is 39.8 Å². The van der Waals surface area contributed by atoms with Crippen LogP contribution in [0.5, 0.6) is 5.75 Å². The summed E-state index contributed by atoms with van der Waals surface area (Å²) in [6.07, 6.45) is 1.07. The predicted octanol–water partition coefficient (Wildman–Crippen LogP) is 3.10. The fourth-order valence-corrected chi connectivity index (χ4v) is 1.91. The lowest BCUT2D eigenvalue weighted by Crippen LogP contribution is -2.41. The van der Waals surface area contributed by atoms with Gasteiger partial charge in [0.1, 0.15) is 12.4 Å². The van der Waals surface area contributed by atoms with E-state index in [-0.39, 0.29) is 24.0 Å².